The summed E-state index contributed by atoms with van der Waals surface area (Å²) in [5.41, 5.74) is 9.55. The molecule has 0 aliphatic carbocycles. The van der Waals surface area contributed by atoms with Crippen molar-refractivity contribution in [1.82, 2.24) is 9.78 Å². The molecule has 2 N–H and O–H groups in total. The third-order valence-corrected chi connectivity index (χ3v) is 3.78. The van der Waals surface area contributed by atoms with Crippen molar-refractivity contribution in [2.45, 2.75) is 33.7 Å². The molecule has 0 amide bonds. The Bertz CT molecular complexity index is 632. The Morgan fingerprint density at radius 2 is 1.95 bits per heavy atom. The fourth-order valence-corrected chi connectivity index (χ4v) is 2.21. The van der Waals surface area contributed by atoms with Crippen molar-refractivity contribution in [3.8, 4) is 5.69 Å². The van der Waals surface area contributed by atoms with Crippen LogP contribution in [0.5, 0.6) is 0 Å². The predicted octanol–water partition coefficient (Wildman–Crippen LogP) is 3.61. The normalized spacial score (nSPS) is 12.8. The number of aryl methyl sites for hydroxylation is 2. The van der Waals surface area contributed by atoms with Crippen LogP contribution in [0, 0.1) is 26.6 Å². The van der Waals surface area contributed by atoms with Crippen molar-refractivity contribution in [2.75, 3.05) is 0 Å². The summed E-state index contributed by atoms with van der Waals surface area (Å²) in [6, 6.07) is 2.94. The molecule has 0 aliphatic rings. The number of nitrogens with two attached hydrogens (primary N) is 1. The monoisotopic (exact) mass is 281 g/mol. The van der Waals surface area contributed by atoms with Gasteiger partial charge in [0, 0.05) is 6.04 Å². The van der Waals surface area contributed by atoms with Crippen LogP contribution in [0.1, 0.15) is 35.5 Å². The molecule has 0 saturated heterocycles. The summed E-state index contributed by atoms with van der Waals surface area (Å²) in [4.78, 5) is 0. The van der Waals surface area contributed by atoms with Gasteiger partial charge >= 0.3 is 0 Å². The van der Waals surface area contributed by atoms with Crippen LogP contribution < -0.4 is 5.73 Å². The van der Waals surface area contributed by atoms with Crippen molar-refractivity contribution in [2.24, 2.45) is 5.73 Å². The van der Waals surface area contributed by atoms with Crippen molar-refractivity contribution in [1.29, 1.82) is 0 Å². The van der Waals surface area contributed by atoms with E-state index in [-0.39, 0.29) is 11.9 Å². The summed E-state index contributed by atoms with van der Waals surface area (Å²) < 4.78 is 15.4. The Labute approximate surface area is 117 Å². The smallest absolute Gasteiger partial charge is 0.126 e. The van der Waals surface area contributed by atoms with E-state index in [2.05, 4.69) is 5.10 Å². The van der Waals surface area contributed by atoms with Crippen LogP contribution in [0.3, 0.4) is 0 Å². The second-order valence-corrected chi connectivity index (χ2v) is 5.22. The molecule has 0 unspecified atom stereocenters. The molecule has 2 rings (SSSR count). The van der Waals surface area contributed by atoms with Gasteiger partial charge in [-0.1, -0.05) is 11.6 Å². The Balaban J connectivity index is 2.73. The molecule has 0 aliphatic heterocycles. The average Bonchev–Trinajstić information content (AvgIpc) is 2.59. The van der Waals surface area contributed by atoms with Gasteiger partial charge in [-0.2, -0.15) is 5.10 Å². The maximum Gasteiger partial charge on any atom is 0.126 e. The zero-order valence-corrected chi connectivity index (χ0v) is 12.2. The molecule has 102 valence electrons. The standard InChI is InChI=1S/C14H17ClFN3/c1-7-5-13(11(8(2)17)6-12(7)16)19-10(4)14(15)9(3)18-19/h5-6,8H,17H2,1-4H3/t8-/m1/s1. The number of rotatable bonds is 2. The van der Waals surface area contributed by atoms with E-state index in [1.165, 1.54) is 6.07 Å². The molecular weight excluding hydrogens is 265 g/mol. The van der Waals surface area contributed by atoms with E-state index in [0.29, 0.717) is 16.1 Å². The predicted molar refractivity (Wildman–Crippen MR) is 75.3 cm³/mol. The van der Waals surface area contributed by atoms with Crippen LogP contribution in [0.25, 0.3) is 5.69 Å². The molecule has 1 heterocycles. The third kappa shape index (κ3) is 2.38. The Hall–Kier alpha value is -1.39. The minimum atomic E-state index is -0.284. The molecule has 19 heavy (non-hydrogen) atoms. The summed E-state index contributed by atoms with van der Waals surface area (Å²) in [6.07, 6.45) is 0. The highest BCUT2D eigenvalue weighted by Crippen LogP contribution is 2.28. The number of aromatic nitrogens is 2. The van der Waals surface area contributed by atoms with Crippen LogP contribution in [0.15, 0.2) is 12.1 Å². The van der Waals surface area contributed by atoms with E-state index < -0.39 is 0 Å². The maximum atomic E-state index is 13.7. The lowest BCUT2D eigenvalue weighted by molar-refractivity contribution is 0.610. The second-order valence-electron chi connectivity index (χ2n) is 4.85. The molecule has 1 aromatic heterocycles. The van der Waals surface area contributed by atoms with Gasteiger partial charge in [0.15, 0.2) is 0 Å². The van der Waals surface area contributed by atoms with Gasteiger partial charge < -0.3 is 5.73 Å². The summed E-state index contributed by atoms with van der Waals surface area (Å²) >= 11 is 6.16. The molecule has 2 aromatic rings. The first-order valence-corrected chi connectivity index (χ1v) is 6.48. The number of halogens is 2. The number of nitrogens with zero attached hydrogens (tertiary/aromatic N) is 2. The fraction of sp³-hybridized carbons (Fsp3) is 0.357. The van der Waals surface area contributed by atoms with Crippen LogP contribution in [0.2, 0.25) is 5.02 Å². The van der Waals surface area contributed by atoms with Gasteiger partial charge in [-0.05, 0) is 51.0 Å². The van der Waals surface area contributed by atoms with Crippen LogP contribution in [0.4, 0.5) is 4.39 Å². The SMILES string of the molecule is Cc1cc(-n2nc(C)c(Cl)c2C)c([C@@H](C)N)cc1F. The first kappa shape index (κ1) is 14.0. The minimum Gasteiger partial charge on any atom is -0.324 e. The van der Waals surface area contributed by atoms with Gasteiger partial charge in [-0.15, -0.1) is 0 Å². The molecular formula is C14H17ClFN3. The van der Waals surface area contributed by atoms with E-state index in [9.17, 15) is 4.39 Å². The average molecular weight is 282 g/mol. The molecule has 0 radical (unpaired) electrons. The Morgan fingerprint density at radius 1 is 1.32 bits per heavy atom. The highest BCUT2D eigenvalue weighted by molar-refractivity contribution is 6.31. The zero-order chi connectivity index (χ0) is 14.3. The van der Waals surface area contributed by atoms with Gasteiger partial charge in [0.2, 0.25) is 0 Å². The van der Waals surface area contributed by atoms with Gasteiger partial charge in [0.1, 0.15) is 5.82 Å². The quantitative estimate of drug-likeness (QED) is 0.914. The highest BCUT2D eigenvalue weighted by atomic mass is 35.5. The number of hydrogen-bond acceptors (Lipinski definition) is 2. The largest absolute Gasteiger partial charge is 0.324 e. The van der Waals surface area contributed by atoms with Gasteiger partial charge in [-0.3, -0.25) is 0 Å². The maximum absolute atomic E-state index is 13.7. The van der Waals surface area contributed by atoms with Crippen LogP contribution in [-0.2, 0) is 0 Å². The van der Waals surface area contributed by atoms with E-state index in [1.54, 1.807) is 17.7 Å². The molecule has 3 nitrogen and oxygen atoms in total. The lowest BCUT2D eigenvalue weighted by Crippen LogP contribution is -2.12. The van der Waals surface area contributed by atoms with Gasteiger partial charge in [0.05, 0.1) is 22.1 Å². The van der Waals surface area contributed by atoms with Crippen LogP contribution >= 0.6 is 11.6 Å². The minimum absolute atomic E-state index is 0.260. The van der Waals surface area contributed by atoms with Crippen molar-refractivity contribution >= 4 is 11.6 Å². The lowest BCUT2D eigenvalue weighted by atomic mass is 10.0. The number of hydrogen-bond donors (Lipinski definition) is 1. The zero-order valence-electron chi connectivity index (χ0n) is 11.5. The third-order valence-electron chi connectivity index (χ3n) is 3.23. The van der Waals surface area contributed by atoms with E-state index >= 15 is 0 Å². The number of benzene rings is 1. The van der Waals surface area contributed by atoms with Gasteiger partial charge in [-0.25, -0.2) is 9.07 Å². The molecule has 0 spiro atoms. The molecule has 0 saturated carbocycles. The first-order valence-electron chi connectivity index (χ1n) is 6.10. The van der Waals surface area contributed by atoms with Crippen molar-refractivity contribution in [3.63, 3.8) is 0 Å². The first-order chi connectivity index (χ1) is 8.82. The molecule has 1 aromatic carbocycles. The van der Waals surface area contributed by atoms with E-state index in [4.69, 9.17) is 17.3 Å². The lowest BCUT2D eigenvalue weighted by Gasteiger charge is -2.15. The summed E-state index contributed by atoms with van der Waals surface area (Å²) in [7, 11) is 0. The topological polar surface area (TPSA) is 43.8 Å². The van der Waals surface area contributed by atoms with Crippen molar-refractivity contribution in [3.05, 3.63) is 45.5 Å². The highest BCUT2D eigenvalue weighted by Gasteiger charge is 2.17. The molecule has 5 heteroatoms. The van der Waals surface area contributed by atoms with E-state index in [0.717, 1.165) is 17.1 Å². The summed E-state index contributed by atoms with van der Waals surface area (Å²) in [5, 5.41) is 5.02. The molecule has 1 atom stereocenters. The van der Waals surface area contributed by atoms with Gasteiger partial charge in [0.25, 0.3) is 0 Å². The Kier molecular flexibility index (Phi) is 3.65. The molecule has 0 fully saturated rings. The van der Waals surface area contributed by atoms with Crippen molar-refractivity contribution < 1.29 is 4.39 Å². The van der Waals surface area contributed by atoms with Crippen LogP contribution in [-0.4, -0.2) is 9.78 Å². The Morgan fingerprint density at radius 3 is 2.42 bits per heavy atom. The summed E-state index contributed by atoms with van der Waals surface area (Å²) in [6.45, 7) is 7.26. The summed E-state index contributed by atoms with van der Waals surface area (Å²) in [5.74, 6) is -0.260. The fourth-order valence-electron chi connectivity index (χ4n) is 2.09. The van der Waals surface area contributed by atoms with E-state index in [1.807, 2.05) is 20.8 Å². The second kappa shape index (κ2) is 4.94. The molecule has 0 bridgehead atoms.